The van der Waals surface area contributed by atoms with E-state index in [1.54, 1.807) is 31.2 Å². The van der Waals surface area contributed by atoms with Gasteiger partial charge in [0, 0.05) is 12.0 Å². The van der Waals surface area contributed by atoms with Crippen molar-refractivity contribution in [2.45, 2.75) is 26.3 Å². The van der Waals surface area contributed by atoms with Crippen molar-refractivity contribution in [2.75, 3.05) is 0 Å². The van der Waals surface area contributed by atoms with Crippen molar-refractivity contribution < 1.29 is 14.3 Å². The number of rotatable bonds is 5. The van der Waals surface area contributed by atoms with Gasteiger partial charge in [-0.2, -0.15) is 0 Å². The monoisotopic (exact) mass is 297 g/mol. The Morgan fingerprint density at radius 1 is 1.05 bits per heavy atom. The Labute approximate surface area is 130 Å². The molecule has 2 aromatic rings. The van der Waals surface area contributed by atoms with Gasteiger partial charge >= 0.3 is 5.97 Å². The third kappa shape index (κ3) is 4.19. The van der Waals surface area contributed by atoms with E-state index in [0.717, 1.165) is 5.56 Å². The molecular weight excluding hydrogens is 278 g/mol. The number of ether oxygens (including phenoxy) is 1. The molecule has 0 heterocycles. The summed E-state index contributed by atoms with van der Waals surface area (Å²) in [5.41, 5.74) is 1.57. The van der Waals surface area contributed by atoms with Gasteiger partial charge in [-0.25, -0.2) is 0 Å². The molecule has 4 nitrogen and oxygen atoms in total. The van der Waals surface area contributed by atoms with Crippen LogP contribution < -0.4 is 10.1 Å². The highest BCUT2D eigenvalue weighted by atomic mass is 16.5. The molecule has 0 radical (unpaired) electrons. The third-order valence-electron chi connectivity index (χ3n) is 3.28. The zero-order valence-corrected chi connectivity index (χ0v) is 12.7. The van der Waals surface area contributed by atoms with Crippen LogP contribution >= 0.6 is 0 Å². The van der Waals surface area contributed by atoms with E-state index in [2.05, 4.69) is 5.32 Å². The van der Waals surface area contributed by atoms with E-state index in [1.165, 1.54) is 0 Å². The molecule has 4 heteroatoms. The lowest BCUT2D eigenvalue weighted by atomic mass is 10.1. The van der Waals surface area contributed by atoms with Crippen molar-refractivity contribution in [3.8, 4) is 5.75 Å². The largest absolute Gasteiger partial charge is 0.427 e. The molecule has 0 aliphatic rings. The molecule has 1 amide bonds. The Hall–Kier alpha value is -2.62. The Kier molecular flexibility index (Phi) is 5.31. The van der Waals surface area contributed by atoms with Gasteiger partial charge in [-0.1, -0.05) is 37.3 Å². The van der Waals surface area contributed by atoms with Gasteiger partial charge < -0.3 is 10.1 Å². The minimum absolute atomic E-state index is 0.0775. The van der Waals surface area contributed by atoms with Crippen LogP contribution in [0.3, 0.4) is 0 Å². The highest BCUT2D eigenvalue weighted by Gasteiger charge is 2.11. The van der Waals surface area contributed by atoms with E-state index in [4.69, 9.17) is 4.74 Å². The fourth-order valence-corrected chi connectivity index (χ4v) is 1.98. The van der Waals surface area contributed by atoms with Gasteiger partial charge in [0.25, 0.3) is 5.91 Å². The van der Waals surface area contributed by atoms with Crippen molar-refractivity contribution >= 4 is 11.9 Å². The Balaban J connectivity index is 1.99. The maximum Gasteiger partial charge on any atom is 0.310 e. The average Bonchev–Trinajstić information content (AvgIpc) is 2.56. The van der Waals surface area contributed by atoms with Crippen LogP contribution in [0.2, 0.25) is 0 Å². The van der Waals surface area contributed by atoms with Crippen molar-refractivity contribution in [3.63, 3.8) is 0 Å². The Bertz CT molecular complexity index is 635. The van der Waals surface area contributed by atoms with Crippen LogP contribution in [-0.4, -0.2) is 11.9 Å². The normalized spacial score (nSPS) is 11.5. The fourth-order valence-electron chi connectivity index (χ4n) is 1.98. The molecule has 1 N–H and O–H groups in total. The van der Waals surface area contributed by atoms with Crippen LogP contribution in [0, 0.1) is 0 Å². The first-order chi connectivity index (χ1) is 10.6. The second-order valence-corrected chi connectivity index (χ2v) is 4.96. The molecule has 2 aromatic carbocycles. The van der Waals surface area contributed by atoms with E-state index in [1.807, 2.05) is 37.3 Å². The first-order valence-electron chi connectivity index (χ1n) is 7.26. The summed E-state index contributed by atoms with van der Waals surface area (Å²) in [5, 5.41) is 2.94. The number of carbonyl (C=O) groups is 2. The predicted molar refractivity (Wildman–Crippen MR) is 84.7 cm³/mol. The summed E-state index contributed by atoms with van der Waals surface area (Å²) in [6, 6.07) is 16.2. The van der Waals surface area contributed by atoms with E-state index in [9.17, 15) is 9.59 Å². The van der Waals surface area contributed by atoms with Crippen molar-refractivity contribution in [3.05, 3.63) is 65.7 Å². The average molecular weight is 297 g/mol. The summed E-state index contributed by atoms with van der Waals surface area (Å²) in [5.74, 6) is -0.0147. The minimum Gasteiger partial charge on any atom is -0.427 e. The zero-order valence-electron chi connectivity index (χ0n) is 12.7. The highest BCUT2D eigenvalue weighted by Crippen LogP contribution is 2.15. The number of hydrogen-bond donors (Lipinski definition) is 1. The maximum atomic E-state index is 12.2. The molecule has 0 saturated heterocycles. The smallest absolute Gasteiger partial charge is 0.310 e. The second kappa shape index (κ2) is 7.41. The molecule has 0 bridgehead atoms. The molecule has 0 fully saturated rings. The summed E-state index contributed by atoms with van der Waals surface area (Å²) in [6.07, 6.45) is 0.316. The third-order valence-corrected chi connectivity index (χ3v) is 3.28. The molecule has 22 heavy (non-hydrogen) atoms. The quantitative estimate of drug-likeness (QED) is 0.679. The molecule has 1 atom stereocenters. The van der Waals surface area contributed by atoms with Crippen LogP contribution in [-0.2, 0) is 4.79 Å². The Morgan fingerprint density at radius 3 is 2.27 bits per heavy atom. The SMILES string of the molecule is CCC(=O)Oc1ccc(C(=O)NC(C)c2ccccc2)cc1. The molecular formula is C18H19NO3. The number of amides is 1. The number of nitrogens with one attached hydrogen (secondary N) is 1. The molecule has 0 spiro atoms. The lowest BCUT2D eigenvalue weighted by Gasteiger charge is -2.14. The van der Waals surface area contributed by atoms with Gasteiger partial charge in [0.2, 0.25) is 0 Å². The van der Waals surface area contributed by atoms with Gasteiger partial charge in [0.15, 0.2) is 0 Å². The molecule has 114 valence electrons. The van der Waals surface area contributed by atoms with E-state index in [0.29, 0.717) is 17.7 Å². The standard InChI is InChI=1S/C18H19NO3/c1-3-17(20)22-16-11-9-15(10-12-16)18(21)19-13(2)14-7-5-4-6-8-14/h4-13H,3H2,1-2H3,(H,19,21). The molecule has 0 saturated carbocycles. The van der Waals surface area contributed by atoms with Crippen LogP contribution in [0.4, 0.5) is 0 Å². The first-order valence-corrected chi connectivity index (χ1v) is 7.26. The minimum atomic E-state index is -0.296. The van der Waals surface area contributed by atoms with Crippen LogP contribution in [0.1, 0.15) is 42.2 Å². The predicted octanol–water partition coefficient (Wildman–Crippen LogP) is 3.49. The number of hydrogen-bond acceptors (Lipinski definition) is 3. The van der Waals surface area contributed by atoms with Crippen molar-refractivity contribution in [1.82, 2.24) is 5.32 Å². The molecule has 0 aromatic heterocycles. The van der Waals surface area contributed by atoms with E-state index < -0.39 is 0 Å². The van der Waals surface area contributed by atoms with Gasteiger partial charge in [0.1, 0.15) is 5.75 Å². The molecule has 2 rings (SSSR count). The Morgan fingerprint density at radius 2 is 1.68 bits per heavy atom. The van der Waals surface area contributed by atoms with Gasteiger partial charge in [0.05, 0.1) is 6.04 Å². The number of esters is 1. The topological polar surface area (TPSA) is 55.4 Å². The van der Waals surface area contributed by atoms with Gasteiger partial charge in [-0.3, -0.25) is 9.59 Å². The summed E-state index contributed by atoms with van der Waals surface area (Å²) in [6.45, 7) is 3.67. The lowest BCUT2D eigenvalue weighted by molar-refractivity contribution is -0.134. The summed E-state index contributed by atoms with van der Waals surface area (Å²) in [4.78, 5) is 23.4. The summed E-state index contributed by atoms with van der Waals surface area (Å²) < 4.78 is 5.08. The number of benzene rings is 2. The number of carbonyl (C=O) groups excluding carboxylic acids is 2. The van der Waals surface area contributed by atoms with Crippen LogP contribution in [0.25, 0.3) is 0 Å². The van der Waals surface area contributed by atoms with Crippen molar-refractivity contribution in [1.29, 1.82) is 0 Å². The second-order valence-electron chi connectivity index (χ2n) is 4.96. The van der Waals surface area contributed by atoms with E-state index >= 15 is 0 Å². The van der Waals surface area contributed by atoms with Crippen molar-refractivity contribution in [2.24, 2.45) is 0 Å². The molecule has 0 aliphatic heterocycles. The summed E-state index contributed by atoms with van der Waals surface area (Å²) in [7, 11) is 0. The van der Waals surface area contributed by atoms with Crippen LogP contribution in [0.5, 0.6) is 5.75 Å². The van der Waals surface area contributed by atoms with Gasteiger partial charge in [-0.05, 0) is 36.8 Å². The van der Waals surface area contributed by atoms with E-state index in [-0.39, 0.29) is 17.9 Å². The highest BCUT2D eigenvalue weighted by molar-refractivity contribution is 5.94. The molecule has 0 aliphatic carbocycles. The van der Waals surface area contributed by atoms with Crippen LogP contribution in [0.15, 0.2) is 54.6 Å². The first kappa shape index (κ1) is 15.8. The maximum absolute atomic E-state index is 12.2. The molecule has 1 unspecified atom stereocenters. The summed E-state index contributed by atoms with van der Waals surface area (Å²) >= 11 is 0. The zero-order chi connectivity index (χ0) is 15.9. The fraction of sp³-hybridized carbons (Fsp3) is 0.222. The van der Waals surface area contributed by atoms with Gasteiger partial charge in [-0.15, -0.1) is 0 Å². The lowest BCUT2D eigenvalue weighted by Crippen LogP contribution is -2.26.